The summed E-state index contributed by atoms with van der Waals surface area (Å²) < 4.78 is 5.11. The molecule has 8 heteroatoms. The Morgan fingerprint density at radius 1 is 0.947 bits per heavy atom. The van der Waals surface area contributed by atoms with Gasteiger partial charge in [-0.2, -0.15) is 0 Å². The highest BCUT2D eigenvalue weighted by Gasteiger charge is 2.29. The average Bonchev–Trinajstić information content (AvgIpc) is 3.21. The number of rotatable bonds is 8. The number of benzene rings is 3. The summed E-state index contributed by atoms with van der Waals surface area (Å²) >= 11 is 0. The minimum absolute atomic E-state index is 0.00711. The largest absolute Gasteiger partial charge is 0.462 e. The van der Waals surface area contributed by atoms with Gasteiger partial charge in [-0.05, 0) is 69.4 Å². The summed E-state index contributed by atoms with van der Waals surface area (Å²) in [5.74, 6) is -0.713. The summed E-state index contributed by atoms with van der Waals surface area (Å²) in [4.78, 5) is 41.5. The molecule has 0 fully saturated rings. The molecule has 3 aromatic rings. The monoisotopic (exact) mass is 512 g/mol. The van der Waals surface area contributed by atoms with E-state index in [4.69, 9.17) is 4.74 Å². The zero-order chi connectivity index (χ0) is 27.4. The van der Waals surface area contributed by atoms with E-state index in [1.165, 1.54) is 0 Å². The van der Waals surface area contributed by atoms with Gasteiger partial charge < -0.3 is 25.2 Å². The third-order valence-corrected chi connectivity index (χ3v) is 6.24. The number of nitrogens with zero attached hydrogens (tertiary/aromatic N) is 2. The summed E-state index contributed by atoms with van der Waals surface area (Å²) in [6.07, 6.45) is 0. The molecule has 0 aliphatic carbocycles. The van der Waals surface area contributed by atoms with Gasteiger partial charge in [-0.1, -0.05) is 36.4 Å². The van der Waals surface area contributed by atoms with Gasteiger partial charge in [0.1, 0.15) is 0 Å². The van der Waals surface area contributed by atoms with Gasteiger partial charge in [-0.3, -0.25) is 9.59 Å². The zero-order valence-electron chi connectivity index (χ0n) is 22.3. The zero-order valence-corrected chi connectivity index (χ0v) is 22.3. The van der Waals surface area contributed by atoms with E-state index in [0.29, 0.717) is 34.6 Å². The summed E-state index contributed by atoms with van der Waals surface area (Å²) in [5, 5.41) is 6.34. The third kappa shape index (κ3) is 5.60. The molecule has 0 aromatic heterocycles. The minimum Gasteiger partial charge on any atom is -0.462 e. The molecular weight excluding hydrogens is 480 g/mol. The van der Waals surface area contributed by atoms with Gasteiger partial charge in [0, 0.05) is 24.0 Å². The summed E-state index contributed by atoms with van der Waals surface area (Å²) in [7, 11) is 5.49. The van der Waals surface area contributed by atoms with E-state index in [1.807, 2.05) is 74.4 Å². The van der Waals surface area contributed by atoms with Crippen LogP contribution in [0, 0.1) is 6.92 Å². The molecular formula is C30H32N4O4. The summed E-state index contributed by atoms with van der Waals surface area (Å²) in [6.45, 7) is 4.28. The smallest absolute Gasteiger partial charge is 0.338 e. The SMILES string of the molecule is CCOC(=O)c1ccc2c(c1)NC(=O)/C2=C(\Nc1ccc(N(C)C(=O)CN(C)C)c(C)c1)c1ccccc1. The first-order valence-corrected chi connectivity index (χ1v) is 12.4. The molecule has 0 bridgehead atoms. The second kappa shape index (κ2) is 11.3. The third-order valence-electron chi connectivity index (χ3n) is 6.24. The number of amides is 2. The Morgan fingerprint density at radius 2 is 1.68 bits per heavy atom. The van der Waals surface area contributed by atoms with Gasteiger partial charge in [0.15, 0.2) is 0 Å². The van der Waals surface area contributed by atoms with Crippen LogP contribution in [0.4, 0.5) is 17.1 Å². The number of fused-ring (bicyclic) bond motifs is 1. The summed E-state index contributed by atoms with van der Waals surface area (Å²) in [6, 6.07) is 20.4. The quantitative estimate of drug-likeness (QED) is 0.338. The van der Waals surface area contributed by atoms with Crippen molar-refractivity contribution in [2.45, 2.75) is 13.8 Å². The Bertz CT molecular complexity index is 1410. The topological polar surface area (TPSA) is 91.0 Å². The highest BCUT2D eigenvalue weighted by atomic mass is 16.5. The van der Waals surface area contributed by atoms with Gasteiger partial charge >= 0.3 is 5.97 Å². The van der Waals surface area contributed by atoms with Crippen LogP contribution in [-0.2, 0) is 14.3 Å². The highest BCUT2D eigenvalue weighted by Crippen LogP contribution is 2.38. The number of esters is 1. The summed E-state index contributed by atoms with van der Waals surface area (Å²) in [5.41, 5.74) is 6.06. The predicted molar refractivity (Wildman–Crippen MR) is 151 cm³/mol. The fraction of sp³-hybridized carbons (Fsp3) is 0.233. The Hall–Kier alpha value is -4.43. The Kier molecular flexibility index (Phi) is 7.93. The molecule has 8 nitrogen and oxygen atoms in total. The second-order valence-electron chi connectivity index (χ2n) is 9.37. The Labute approximate surface area is 222 Å². The molecule has 0 spiro atoms. The normalized spacial score (nSPS) is 13.6. The van der Waals surface area contributed by atoms with E-state index < -0.39 is 5.97 Å². The average molecular weight is 513 g/mol. The number of anilines is 3. The van der Waals surface area contributed by atoms with Gasteiger partial charge in [0.05, 0.1) is 35.7 Å². The fourth-order valence-electron chi connectivity index (χ4n) is 4.41. The molecule has 0 saturated carbocycles. The van der Waals surface area contributed by atoms with Crippen molar-refractivity contribution in [1.82, 2.24) is 4.90 Å². The lowest BCUT2D eigenvalue weighted by Gasteiger charge is -2.22. The van der Waals surface area contributed by atoms with Crippen molar-refractivity contribution in [3.63, 3.8) is 0 Å². The van der Waals surface area contributed by atoms with E-state index in [0.717, 1.165) is 22.5 Å². The van der Waals surface area contributed by atoms with Crippen molar-refractivity contribution >= 4 is 46.1 Å². The lowest BCUT2D eigenvalue weighted by molar-refractivity contribution is -0.119. The van der Waals surface area contributed by atoms with Crippen molar-refractivity contribution < 1.29 is 19.1 Å². The lowest BCUT2D eigenvalue weighted by Crippen LogP contribution is -2.35. The first-order valence-electron chi connectivity index (χ1n) is 12.4. The molecule has 0 unspecified atom stereocenters. The Morgan fingerprint density at radius 3 is 2.34 bits per heavy atom. The number of hydrogen-bond donors (Lipinski definition) is 2. The van der Waals surface area contributed by atoms with Crippen molar-refractivity contribution in [3.8, 4) is 0 Å². The first-order chi connectivity index (χ1) is 18.2. The molecule has 1 heterocycles. The lowest BCUT2D eigenvalue weighted by atomic mass is 9.99. The van der Waals surface area contributed by atoms with Gasteiger partial charge in [-0.15, -0.1) is 0 Å². The van der Waals surface area contributed by atoms with E-state index >= 15 is 0 Å². The van der Waals surface area contributed by atoms with E-state index in [9.17, 15) is 14.4 Å². The van der Waals surface area contributed by atoms with Crippen molar-refractivity contribution in [2.75, 3.05) is 49.8 Å². The second-order valence-corrected chi connectivity index (χ2v) is 9.37. The van der Waals surface area contributed by atoms with E-state index in [-0.39, 0.29) is 18.4 Å². The molecule has 3 aromatic carbocycles. The molecule has 2 amide bonds. The van der Waals surface area contributed by atoms with Crippen LogP contribution in [0.1, 0.15) is 34.0 Å². The van der Waals surface area contributed by atoms with Crippen LogP contribution in [0.25, 0.3) is 11.3 Å². The first kappa shape index (κ1) is 26.6. The van der Waals surface area contributed by atoms with Crippen LogP contribution < -0.4 is 15.5 Å². The molecule has 4 rings (SSSR count). The molecule has 0 atom stereocenters. The van der Waals surface area contributed by atoms with E-state index in [2.05, 4.69) is 10.6 Å². The molecule has 1 aliphatic rings. The number of aryl methyl sites for hydroxylation is 1. The Balaban J connectivity index is 1.74. The minimum atomic E-state index is -0.437. The van der Waals surface area contributed by atoms with Crippen molar-refractivity contribution in [2.24, 2.45) is 0 Å². The van der Waals surface area contributed by atoms with Crippen LogP contribution >= 0.6 is 0 Å². The number of carbonyl (C=O) groups is 3. The molecule has 1 aliphatic heterocycles. The van der Waals surface area contributed by atoms with Gasteiger partial charge in [0.2, 0.25) is 5.91 Å². The van der Waals surface area contributed by atoms with Gasteiger partial charge in [0.25, 0.3) is 5.91 Å². The maximum absolute atomic E-state index is 13.2. The number of carbonyl (C=O) groups excluding carboxylic acids is 3. The highest BCUT2D eigenvalue weighted by molar-refractivity contribution is 6.37. The van der Waals surface area contributed by atoms with Crippen LogP contribution in [0.5, 0.6) is 0 Å². The van der Waals surface area contributed by atoms with E-state index in [1.54, 1.807) is 37.1 Å². The number of likely N-dealkylation sites (N-methyl/N-ethyl adjacent to an activating group) is 2. The number of ether oxygens (including phenoxy) is 1. The number of hydrogen-bond acceptors (Lipinski definition) is 6. The maximum atomic E-state index is 13.2. The number of nitrogens with one attached hydrogen (secondary N) is 2. The standard InChI is InChI=1S/C30H32N4O4/c1-6-38-30(37)21-12-14-23-24(17-21)32-29(36)27(23)28(20-10-8-7-9-11-20)31-22-13-15-25(19(2)16-22)34(5)26(35)18-33(3)4/h7-17,31H,6,18H2,1-5H3,(H,32,36)/b28-27-. The van der Waals surface area contributed by atoms with Crippen LogP contribution in [0.15, 0.2) is 66.7 Å². The molecule has 38 heavy (non-hydrogen) atoms. The van der Waals surface area contributed by atoms with Crippen molar-refractivity contribution in [3.05, 3.63) is 89.0 Å². The molecule has 196 valence electrons. The van der Waals surface area contributed by atoms with Crippen molar-refractivity contribution in [1.29, 1.82) is 0 Å². The van der Waals surface area contributed by atoms with Crippen LogP contribution in [-0.4, -0.2) is 57.0 Å². The van der Waals surface area contributed by atoms with Crippen LogP contribution in [0.2, 0.25) is 0 Å². The molecule has 0 saturated heterocycles. The van der Waals surface area contributed by atoms with Gasteiger partial charge in [-0.25, -0.2) is 4.79 Å². The predicted octanol–water partition coefficient (Wildman–Crippen LogP) is 4.63. The maximum Gasteiger partial charge on any atom is 0.338 e. The molecule has 0 radical (unpaired) electrons. The fourth-order valence-corrected chi connectivity index (χ4v) is 4.41. The molecule has 2 N–H and O–H groups in total. The van der Waals surface area contributed by atoms with Crippen LogP contribution in [0.3, 0.4) is 0 Å².